The SMILES string of the molecule is Cc1ccc(Cl)c(N2CCC(C(=O)NCc3ccc(F)cc3)C2=O)c1. The van der Waals surface area contributed by atoms with Crippen LogP contribution >= 0.6 is 11.6 Å². The van der Waals surface area contributed by atoms with Crippen LogP contribution in [-0.2, 0) is 16.1 Å². The Kier molecular flexibility index (Phi) is 5.04. The summed E-state index contributed by atoms with van der Waals surface area (Å²) in [5, 5.41) is 3.24. The summed E-state index contributed by atoms with van der Waals surface area (Å²) in [6, 6.07) is 11.4. The Morgan fingerprint density at radius 1 is 1.28 bits per heavy atom. The summed E-state index contributed by atoms with van der Waals surface area (Å²) < 4.78 is 12.9. The van der Waals surface area contributed by atoms with Gasteiger partial charge in [0.05, 0.1) is 10.7 Å². The minimum absolute atomic E-state index is 0.246. The van der Waals surface area contributed by atoms with Crippen molar-refractivity contribution in [3.05, 3.63) is 64.4 Å². The smallest absolute Gasteiger partial charge is 0.239 e. The van der Waals surface area contributed by atoms with Crippen molar-refractivity contribution in [2.75, 3.05) is 11.4 Å². The van der Waals surface area contributed by atoms with Gasteiger partial charge < -0.3 is 10.2 Å². The van der Waals surface area contributed by atoms with Crippen LogP contribution in [0.25, 0.3) is 0 Å². The lowest BCUT2D eigenvalue weighted by atomic mass is 10.1. The fourth-order valence-electron chi connectivity index (χ4n) is 2.91. The van der Waals surface area contributed by atoms with E-state index in [1.54, 1.807) is 23.1 Å². The number of aryl methyl sites for hydroxylation is 1. The van der Waals surface area contributed by atoms with Gasteiger partial charge in [-0.05, 0) is 48.7 Å². The van der Waals surface area contributed by atoms with E-state index in [0.717, 1.165) is 11.1 Å². The van der Waals surface area contributed by atoms with E-state index in [1.807, 2.05) is 19.1 Å². The lowest BCUT2D eigenvalue weighted by Gasteiger charge is -2.18. The number of hydrogen-bond donors (Lipinski definition) is 1. The molecular formula is C19H18ClFN2O2. The first kappa shape index (κ1) is 17.4. The number of nitrogens with one attached hydrogen (secondary N) is 1. The largest absolute Gasteiger partial charge is 0.351 e. The number of anilines is 1. The second-order valence-electron chi connectivity index (χ2n) is 6.13. The van der Waals surface area contributed by atoms with E-state index in [2.05, 4.69) is 5.32 Å². The topological polar surface area (TPSA) is 49.4 Å². The monoisotopic (exact) mass is 360 g/mol. The summed E-state index contributed by atoms with van der Waals surface area (Å²) in [6.45, 7) is 2.64. The predicted molar refractivity (Wildman–Crippen MR) is 94.9 cm³/mol. The van der Waals surface area contributed by atoms with Gasteiger partial charge in [-0.2, -0.15) is 0 Å². The first-order chi connectivity index (χ1) is 12.0. The van der Waals surface area contributed by atoms with E-state index in [4.69, 9.17) is 11.6 Å². The van der Waals surface area contributed by atoms with E-state index in [9.17, 15) is 14.0 Å². The van der Waals surface area contributed by atoms with Gasteiger partial charge in [-0.1, -0.05) is 29.8 Å². The van der Waals surface area contributed by atoms with E-state index < -0.39 is 5.92 Å². The second-order valence-corrected chi connectivity index (χ2v) is 6.54. The quantitative estimate of drug-likeness (QED) is 0.849. The van der Waals surface area contributed by atoms with Crippen molar-refractivity contribution in [2.45, 2.75) is 19.9 Å². The predicted octanol–water partition coefficient (Wildman–Crippen LogP) is 3.46. The number of rotatable bonds is 4. The normalized spacial score (nSPS) is 17.0. The Balaban J connectivity index is 1.65. The third-order valence-corrected chi connectivity index (χ3v) is 4.61. The van der Waals surface area contributed by atoms with Gasteiger partial charge >= 0.3 is 0 Å². The molecule has 1 aliphatic rings. The standard InChI is InChI=1S/C19H18ClFN2O2/c1-12-2-7-16(20)17(10-12)23-9-8-15(19(23)25)18(24)22-11-13-3-5-14(21)6-4-13/h2-7,10,15H,8-9,11H2,1H3,(H,22,24). The Labute approximate surface area is 150 Å². The number of amides is 2. The molecular weight excluding hydrogens is 343 g/mol. The molecule has 0 radical (unpaired) electrons. The van der Waals surface area contributed by atoms with E-state index in [1.165, 1.54) is 12.1 Å². The van der Waals surface area contributed by atoms with Crippen molar-refractivity contribution in [3.8, 4) is 0 Å². The fraction of sp³-hybridized carbons (Fsp3) is 0.263. The number of halogens is 2. The third-order valence-electron chi connectivity index (χ3n) is 4.29. The molecule has 6 heteroatoms. The summed E-state index contributed by atoms with van der Waals surface area (Å²) in [7, 11) is 0. The van der Waals surface area contributed by atoms with Crippen LogP contribution in [0.5, 0.6) is 0 Å². The van der Waals surface area contributed by atoms with Crippen molar-refractivity contribution >= 4 is 29.1 Å². The van der Waals surface area contributed by atoms with Crippen molar-refractivity contribution in [3.63, 3.8) is 0 Å². The molecule has 1 fully saturated rings. The Hall–Kier alpha value is -2.40. The van der Waals surface area contributed by atoms with Gasteiger partial charge in [0, 0.05) is 13.1 Å². The molecule has 130 valence electrons. The fourth-order valence-corrected chi connectivity index (χ4v) is 3.13. The van der Waals surface area contributed by atoms with Crippen LogP contribution in [0.2, 0.25) is 5.02 Å². The van der Waals surface area contributed by atoms with Crippen LogP contribution in [0.15, 0.2) is 42.5 Å². The molecule has 1 unspecified atom stereocenters. The lowest BCUT2D eigenvalue weighted by molar-refractivity contribution is -0.132. The van der Waals surface area contributed by atoms with Crippen LogP contribution in [0.4, 0.5) is 10.1 Å². The first-order valence-corrected chi connectivity index (χ1v) is 8.43. The molecule has 25 heavy (non-hydrogen) atoms. The number of hydrogen-bond acceptors (Lipinski definition) is 2. The van der Waals surface area contributed by atoms with Gasteiger partial charge in [-0.3, -0.25) is 9.59 Å². The molecule has 0 aliphatic carbocycles. The molecule has 0 aromatic heterocycles. The highest BCUT2D eigenvalue weighted by Crippen LogP contribution is 2.32. The van der Waals surface area contributed by atoms with Crippen LogP contribution in [0, 0.1) is 18.7 Å². The minimum Gasteiger partial charge on any atom is -0.351 e. The van der Waals surface area contributed by atoms with Gasteiger partial charge in [0.15, 0.2) is 0 Å². The minimum atomic E-state index is -0.725. The average Bonchev–Trinajstić information content (AvgIpc) is 2.98. The van der Waals surface area contributed by atoms with Crippen molar-refractivity contribution in [2.24, 2.45) is 5.92 Å². The molecule has 2 amide bonds. The summed E-state index contributed by atoms with van der Waals surface area (Å²) in [5.41, 5.74) is 2.41. The molecule has 0 spiro atoms. The van der Waals surface area contributed by atoms with E-state index in [-0.39, 0.29) is 24.2 Å². The molecule has 1 aliphatic heterocycles. The highest BCUT2D eigenvalue weighted by Gasteiger charge is 2.38. The van der Waals surface area contributed by atoms with Crippen molar-refractivity contribution in [1.82, 2.24) is 5.32 Å². The number of nitrogens with zero attached hydrogens (tertiary/aromatic N) is 1. The molecule has 1 heterocycles. The Morgan fingerprint density at radius 3 is 2.72 bits per heavy atom. The van der Waals surface area contributed by atoms with Gasteiger partial charge in [-0.15, -0.1) is 0 Å². The van der Waals surface area contributed by atoms with Crippen LogP contribution in [-0.4, -0.2) is 18.4 Å². The van der Waals surface area contributed by atoms with E-state index >= 15 is 0 Å². The Morgan fingerprint density at radius 2 is 2.00 bits per heavy atom. The average molecular weight is 361 g/mol. The van der Waals surface area contributed by atoms with Gasteiger partial charge in [0.1, 0.15) is 11.7 Å². The zero-order chi connectivity index (χ0) is 18.0. The van der Waals surface area contributed by atoms with Crippen LogP contribution < -0.4 is 10.2 Å². The summed E-state index contributed by atoms with van der Waals surface area (Å²) in [4.78, 5) is 26.5. The van der Waals surface area contributed by atoms with Crippen LogP contribution in [0.3, 0.4) is 0 Å². The lowest BCUT2D eigenvalue weighted by Crippen LogP contribution is -2.36. The molecule has 0 saturated carbocycles. The molecule has 0 bridgehead atoms. The van der Waals surface area contributed by atoms with Gasteiger partial charge in [0.25, 0.3) is 0 Å². The number of carbonyl (C=O) groups excluding carboxylic acids is 2. The zero-order valence-electron chi connectivity index (χ0n) is 13.8. The molecule has 1 N–H and O–H groups in total. The van der Waals surface area contributed by atoms with Gasteiger partial charge in [0.2, 0.25) is 11.8 Å². The summed E-state index contributed by atoms with van der Waals surface area (Å²) >= 11 is 6.20. The zero-order valence-corrected chi connectivity index (χ0v) is 14.5. The van der Waals surface area contributed by atoms with E-state index in [0.29, 0.717) is 23.7 Å². The highest BCUT2D eigenvalue weighted by molar-refractivity contribution is 6.34. The summed E-state index contributed by atoms with van der Waals surface area (Å²) in [5.74, 6) is -1.62. The van der Waals surface area contributed by atoms with Crippen molar-refractivity contribution in [1.29, 1.82) is 0 Å². The van der Waals surface area contributed by atoms with Gasteiger partial charge in [-0.25, -0.2) is 4.39 Å². The molecule has 2 aromatic carbocycles. The highest BCUT2D eigenvalue weighted by atomic mass is 35.5. The second kappa shape index (κ2) is 7.23. The van der Waals surface area contributed by atoms with Crippen LogP contribution in [0.1, 0.15) is 17.5 Å². The maximum absolute atomic E-state index is 12.9. The maximum atomic E-state index is 12.9. The Bertz CT molecular complexity index is 808. The summed E-state index contributed by atoms with van der Waals surface area (Å²) in [6.07, 6.45) is 0.443. The third kappa shape index (κ3) is 3.82. The number of carbonyl (C=O) groups is 2. The molecule has 1 atom stereocenters. The maximum Gasteiger partial charge on any atom is 0.239 e. The first-order valence-electron chi connectivity index (χ1n) is 8.05. The number of benzene rings is 2. The molecule has 1 saturated heterocycles. The molecule has 2 aromatic rings. The van der Waals surface area contributed by atoms with Crippen molar-refractivity contribution < 1.29 is 14.0 Å². The molecule has 4 nitrogen and oxygen atoms in total. The molecule has 3 rings (SSSR count).